The highest BCUT2D eigenvalue weighted by Crippen LogP contribution is 2.09. The van der Waals surface area contributed by atoms with Gasteiger partial charge < -0.3 is 4.90 Å². The minimum absolute atomic E-state index is 0.0637. The molecule has 0 aliphatic carbocycles. The van der Waals surface area contributed by atoms with Crippen LogP contribution in [-0.2, 0) is 9.59 Å². The first-order valence-electron chi connectivity index (χ1n) is 4.87. The molecular formula is C11H18BrNO2. The van der Waals surface area contributed by atoms with Gasteiger partial charge in [-0.1, -0.05) is 27.6 Å². The van der Waals surface area contributed by atoms with Gasteiger partial charge in [-0.05, 0) is 20.3 Å². The smallest absolute Gasteiger partial charge is 0.243 e. The minimum atomic E-state index is -0.696. The van der Waals surface area contributed by atoms with Crippen LogP contribution >= 0.6 is 15.9 Å². The summed E-state index contributed by atoms with van der Waals surface area (Å²) in [4.78, 5) is 23.7. The molecule has 0 aliphatic rings. The van der Waals surface area contributed by atoms with E-state index in [-0.39, 0.29) is 11.7 Å². The Kier molecular flexibility index (Phi) is 6.48. The number of carbonyl (C=O) groups excluding carboxylic acids is 2. The summed E-state index contributed by atoms with van der Waals surface area (Å²) in [7, 11) is 3.28. The molecule has 1 amide bonds. The third-order valence-electron chi connectivity index (χ3n) is 1.88. The summed E-state index contributed by atoms with van der Waals surface area (Å²) in [6.07, 6.45) is 3.10. The predicted molar refractivity (Wildman–Crippen MR) is 65.1 cm³/mol. The lowest BCUT2D eigenvalue weighted by Gasteiger charge is -2.14. The fourth-order valence-electron chi connectivity index (χ4n) is 0.994. The fraction of sp³-hybridized carbons (Fsp3) is 0.636. The van der Waals surface area contributed by atoms with E-state index < -0.39 is 4.83 Å². The molecule has 0 saturated carbocycles. The molecule has 0 spiro atoms. The highest BCUT2D eigenvalue weighted by atomic mass is 79.9. The second kappa shape index (κ2) is 6.77. The molecule has 0 saturated heterocycles. The molecule has 0 aromatic heterocycles. The Morgan fingerprint density at radius 3 is 2.27 bits per heavy atom. The van der Waals surface area contributed by atoms with Gasteiger partial charge in [-0.15, -0.1) is 0 Å². The van der Waals surface area contributed by atoms with Crippen LogP contribution in [0.2, 0.25) is 0 Å². The van der Waals surface area contributed by atoms with Crippen molar-refractivity contribution in [1.82, 2.24) is 4.90 Å². The summed E-state index contributed by atoms with van der Waals surface area (Å²) in [5, 5.41) is 0. The molecule has 1 atom stereocenters. The quantitative estimate of drug-likeness (QED) is 0.438. The number of nitrogens with zero attached hydrogens (tertiary/aromatic N) is 1. The SMILES string of the molecule is CC(C)=CCCC(=O)C(Br)C(=O)N(C)C. The van der Waals surface area contributed by atoms with Gasteiger partial charge in [0.1, 0.15) is 0 Å². The Bertz CT molecular complexity index is 268. The van der Waals surface area contributed by atoms with E-state index in [9.17, 15) is 9.59 Å². The number of hydrogen-bond acceptors (Lipinski definition) is 2. The highest BCUT2D eigenvalue weighted by molar-refractivity contribution is 9.10. The second-order valence-corrected chi connectivity index (χ2v) is 4.80. The molecule has 3 nitrogen and oxygen atoms in total. The zero-order valence-electron chi connectivity index (χ0n) is 9.71. The van der Waals surface area contributed by atoms with Gasteiger partial charge in [0, 0.05) is 20.5 Å². The first-order chi connectivity index (χ1) is 6.86. The van der Waals surface area contributed by atoms with Crippen molar-refractivity contribution >= 4 is 27.6 Å². The Morgan fingerprint density at radius 2 is 1.87 bits per heavy atom. The van der Waals surface area contributed by atoms with Crippen molar-refractivity contribution in [3.8, 4) is 0 Å². The minimum Gasteiger partial charge on any atom is -0.347 e. The van der Waals surface area contributed by atoms with E-state index in [0.29, 0.717) is 12.8 Å². The van der Waals surface area contributed by atoms with Crippen molar-refractivity contribution in [2.24, 2.45) is 0 Å². The number of carbonyl (C=O) groups is 2. The van der Waals surface area contributed by atoms with Crippen LogP contribution in [0.25, 0.3) is 0 Å². The number of alkyl halides is 1. The zero-order valence-corrected chi connectivity index (χ0v) is 11.3. The van der Waals surface area contributed by atoms with Gasteiger partial charge in [0.05, 0.1) is 0 Å². The number of amides is 1. The lowest BCUT2D eigenvalue weighted by molar-refractivity contribution is -0.132. The molecular weight excluding hydrogens is 258 g/mol. The average Bonchev–Trinajstić information content (AvgIpc) is 2.14. The van der Waals surface area contributed by atoms with Crippen LogP contribution in [-0.4, -0.2) is 35.5 Å². The third kappa shape index (κ3) is 5.72. The van der Waals surface area contributed by atoms with Gasteiger partial charge in [-0.2, -0.15) is 0 Å². The van der Waals surface area contributed by atoms with Gasteiger partial charge in [0.25, 0.3) is 0 Å². The Morgan fingerprint density at radius 1 is 1.33 bits per heavy atom. The van der Waals surface area contributed by atoms with Crippen LogP contribution in [0, 0.1) is 0 Å². The van der Waals surface area contributed by atoms with Crippen LogP contribution in [0.15, 0.2) is 11.6 Å². The molecule has 1 unspecified atom stereocenters. The average molecular weight is 276 g/mol. The lowest BCUT2D eigenvalue weighted by Crippen LogP contribution is -2.34. The first-order valence-corrected chi connectivity index (χ1v) is 5.79. The van der Waals surface area contributed by atoms with E-state index in [1.54, 1.807) is 14.1 Å². The predicted octanol–water partition coefficient (Wildman–Crippen LogP) is 2.15. The second-order valence-electron chi connectivity index (χ2n) is 3.88. The van der Waals surface area contributed by atoms with E-state index in [1.807, 2.05) is 19.9 Å². The van der Waals surface area contributed by atoms with Crippen LogP contribution in [0.5, 0.6) is 0 Å². The van der Waals surface area contributed by atoms with Crippen molar-refractivity contribution in [3.05, 3.63) is 11.6 Å². The van der Waals surface area contributed by atoms with Crippen molar-refractivity contribution in [1.29, 1.82) is 0 Å². The van der Waals surface area contributed by atoms with Crippen molar-refractivity contribution < 1.29 is 9.59 Å². The summed E-state index contributed by atoms with van der Waals surface area (Å²) in [5.74, 6) is -0.261. The lowest BCUT2D eigenvalue weighted by atomic mass is 10.1. The number of ketones is 1. The van der Waals surface area contributed by atoms with Gasteiger partial charge in [0.2, 0.25) is 5.91 Å². The molecule has 0 aliphatic heterocycles. The maximum atomic E-state index is 11.5. The van der Waals surface area contributed by atoms with Crippen molar-refractivity contribution in [2.45, 2.75) is 31.5 Å². The summed E-state index contributed by atoms with van der Waals surface area (Å²) in [6.45, 7) is 3.97. The summed E-state index contributed by atoms with van der Waals surface area (Å²) < 4.78 is 0. The van der Waals surface area contributed by atoms with Gasteiger partial charge in [-0.3, -0.25) is 9.59 Å². The monoisotopic (exact) mass is 275 g/mol. The Balaban J connectivity index is 4.11. The molecule has 0 N–H and O–H groups in total. The van der Waals surface area contributed by atoms with E-state index in [0.717, 1.165) is 0 Å². The molecule has 0 aromatic carbocycles. The van der Waals surface area contributed by atoms with Gasteiger partial charge in [-0.25, -0.2) is 0 Å². The van der Waals surface area contributed by atoms with Crippen LogP contribution in [0.4, 0.5) is 0 Å². The molecule has 0 aromatic rings. The van der Waals surface area contributed by atoms with Crippen molar-refractivity contribution in [3.63, 3.8) is 0 Å². The van der Waals surface area contributed by atoms with Crippen LogP contribution in [0.1, 0.15) is 26.7 Å². The van der Waals surface area contributed by atoms with E-state index in [2.05, 4.69) is 15.9 Å². The van der Waals surface area contributed by atoms with Crippen LogP contribution in [0.3, 0.4) is 0 Å². The molecule has 0 rings (SSSR count). The number of rotatable bonds is 5. The molecule has 0 bridgehead atoms. The largest absolute Gasteiger partial charge is 0.347 e. The van der Waals surface area contributed by atoms with Gasteiger partial charge in [0.15, 0.2) is 10.6 Å². The number of Topliss-reactive ketones (excluding diaryl/α,β-unsaturated/α-hetero) is 1. The molecule has 0 radical (unpaired) electrons. The summed E-state index contributed by atoms with van der Waals surface area (Å²) in [5.41, 5.74) is 1.19. The van der Waals surface area contributed by atoms with E-state index >= 15 is 0 Å². The molecule has 15 heavy (non-hydrogen) atoms. The van der Waals surface area contributed by atoms with E-state index in [1.165, 1.54) is 10.5 Å². The highest BCUT2D eigenvalue weighted by Gasteiger charge is 2.23. The molecule has 86 valence electrons. The third-order valence-corrected chi connectivity index (χ3v) is 2.79. The molecule has 0 fully saturated rings. The Hall–Kier alpha value is -0.640. The number of hydrogen-bond donors (Lipinski definition) is 0. The maximum absolute atomic E-state index is 11.5. The van der Waals surface area contributed by atoms with Gasteiger partial charge >= 0.3 is 0 Å². The number of halogens is 1. The first kappa shape index (κ1) is 14.4. The topological polar surface area (TPSA) is 37.4 Å². The summed E-state index contributed by atoms with van der Waals surface area (Å²) in [6, 6.07) is 0. The standard InChI is InChI=1S/C11H18BrNO2/c1-8(2)6-5-7-9(14)10(12)11(15)13(3)4/h6,10H,5,7H2,1-4H3. The Labute approximate surface area is 99.6 Å². The molecule has 4 heteroatoms. The van der Waals surface area contributed by atoms with E-state index in [4.69, 9.17) is 0 Å². The maximum Gasteiger partial charge on any atom is 0.243 e. The van der Waals surface area contributed by atoms with Crippen LogP contribution < -0.4 is 0 Å². The normalized spacial score (nSPS) is 11.8. The fourth-order valence-corrected chi connectivity index (χ4v) is 1.63. The number of allylic oxidation sites excluding steroid dienone is 2. The van der Waals surface area contributed by atoms with Crippen molar-refractivity contribution in [2.75, 3.05) is 14.1 Å². The molecule has 0 heterocycles. The zero-order chi connectivity index (χ0) is 12.0. The summed E-state index contributed by atoms with van der Waals surface area (Å²) >= 11 is 3.12.